The van der Waals surface area contributed by atoms with Gasteiger partial charge in [0.25, 0.3) is 5.91 Å². The zero-order valence-corrected chi connectivity index (χ0v) is 16.6. The number of ether oxygens (including phenoxy) is 1. The number of anilines is 1. The van der Waals surface area contributed by atoms with Crippen LogP contribution in [0, 0.1) is 0 Å². The molecule has 1 saturated heterocycles. The third kappa shape index (κ3) is 6.06. The average molecular weight is 397 g/mol. The lowest BCUT2D eigenvalue weighted by molar-refractivity contribution is -0.119. The van der Waals surface area contributed by atoms with Gasteiger partial charge in [0, 0.05) is 45.1 Å². The number of piperazine rings is 1. The molecule has 3 rings (SSSR count). The maximum absolute atomic E-state index is 10.9. The summed E-state index contributed by atoms with van der Waals surface area (Å²) < 4.78 is 5.37. The highest BCUT2D eigenvalue weighted by Gasteiger charge is 2.21. The second-order valence-electron chi connectivity index (χ2n) is 6.60. The third-order valence-corrected chi connectivity index (χ3v) is 4.44. The van der Waals surface area contributed by atoms with Crippen LogP contribution in [0.5, 0.6) is 5.75 Å². The van der Waals surface area contributed by atoms with Crippen LogP contribution >= 0.6 is 0 Å². The third-order valence-electron chi connectivity index (χ3n) is 4.44. The van der Waals surface area contributed by atoms with Crippen molar-refractivity contribution in [3.05, 3.63) is 48.3 Å². The number of nitrogens with one attached hydrogen (secondary N) is 1. The van der Waals surface area contributed by atoms with Crippen molar-refractivity contribution in [2.45, 2.75) is 13.5 Å². The Morgan fingerprint density at radius 1 is 1.21 bits per heavy atom. The molecule has 3 N–H and O–H groups in total. The van der Waals surface area contributed by atoms with Gasteiger partial charge in [-0.25, -0.2) is 15.0 Å². The first-order valence-corrected chi connectivity index (χ1v) is 9.71. The molecule has 1 aliphatic heterocycles. The molecular formula is C20H27N7O2. The number of primary amides is 1. The van der Waals surface area contributed by atoms with Gasteiger partial charge >= 0.3 is 0 Å². The van der Waals surface area contributed by atoms with Gasteiger partial charge in [0.2, 0.25) is 5.95 Å². The van der Waals surface area contributed by atoms with E-state index in [0.717, 1.165) is 50.2 Å². The van der Waals surface area contributed by atoms with Crippen LogP contribution in [0.15, 0.2) is 47.7 Å². The minimum Gasteiger partial charge on any atom is -0.484 e. The number of carbonyl (C=O) groups is 1. The SMILES string of the molecule is CCNC(=NCc1cccc(OCC(N)=O)c1)N1CCN(c2ncccn2)CC1. The molecule has 0 spiro atoms. The van der Waals surface area contributed by atoms with Crippen LogP contribution in [-0.2, 0) is 11.3 Å². The summed E-state index contributed by atoms with van der Waals surface area (Å²) in [6.45, 7) is 6.58. The van der Waals surface area contributed by atoms with Gasteiger partial charge in [-0.15, -0.1) is 0 Å². The number of nitrogens with zero attached hydrogens (tertiary/aromatic N) is 5. The molecule has 2 heterocycles. The van der Waals surface area contributed by atoms with E-state index in [-0.39, 0.29) is 6.61 Å². The first kappa shape index (κ1) is 20.4. The quantitative estimate of drug-likeness (QED) is 0.521. The van der Waals surface area contributed by atoms with Crippen molar-refractivity contribution in [1.29, 1.82) is 0 Å². The lowest BCUT2D eigenvalue weighted by atomic mass is 10.2. The normalized spacial score (nSPS) is 14.6. The van der Waals surface area contributed by atoms with Crippen molar-refractivity contribution in [2.75, 3.05) is 44.2 Å². The highest BCUT2D eigenvalue weighted by Crippen LogP contribution is 2.15. The van der Waals surface area contributed by atoms with E-state index >= 15 is 0 Å². The number of carbonyl (C=O) groups excluding carboxylic acids is 1. The van der Waals surface area contributed by atoms with E-state index in [1.807, 2.05) is 24.3 Å². The topological polar surface area (TPSA) is 109 Å². The second-order valence-corrected chi connectivity index (χ2v) is 6.60. The summed E-state index contributed by atoms with van der Waals surface area (Å²) in [4.78, 5) is 28.7. The first-order chi connectivity index (χ1) is 14.2. The number of aliphatic imine (C=N–C) groups is 1. The summed E-state index contributed by atoms with van der Waals surface area (Å²) in [5.41, 5.74) is 6.13. The standard InChI is InChI=1S/C20H27N7O2/c1-2-22-19(25-14-16-5-3-6-17(13-16)29-15-18(21)28)26-9-11-27(12-10-26)20-23-7-4-8-24-20/h3-8,13H,2,9-12,14-15H2,1H3,(H2,21,28)(H,22,25). The number of rotatable bonds is 7. The van der Waals surface area contributed by atoms with Crippen LogP contribution < -0.4 is 20.7 Å². The fraction of sp³-hybridized carbons (Fsp3) is 0.400. The summed E-state index contributed by atoms with van der Waals surface area (Å²) in [6.07, 6.45) is 3.53. The number of benzene rings is 1. The van der Waals surface area contributed by atoms with Crippen molar-refractivity contribution in [3.8, 4) is 5.75 Å². The van der Waals surface area contributed by atoms with Crippen LogP contribution in [0.2, 0.25) is 0 Å². The molecule has 29 heavy (non-hydrogen) atoms. The van der Waals surface area contributed by atoms with E-state index in [1.54, 1.807) is 18.5 Å². The molecule has 0 bridgehead atoms. The molecule has 1 aromatic carbocycles. The van der Waals surface area contributed by atoms with E-state index in [4.69, 9.17) is 15.5 Å². The lowest BCUT2D eigenvalue weighted by Gasteiger charge is -2.36. The van der Waals surface area contributed by atoms with Gasteiger partial charge in [-0.1, -0.05) is 12.1 Å². The Balaban J connectivity index is 1.60. The minimum atomic E-state index is -0.497. The summed E-state index contributed by atoms with van der Waals surface area (Å²) >= 11 is 0. The van der Waals surface area contributed by atoms with E-state index in [9.17, 15) is 4.79 Å². The molecule has 0 aliphatic carbocycles. The summed E-state index contributed by atoms with van der Waals surface area (Å²) in [5.74, 6) is 1.76. The zero-order chi connectivity index (χ0) is 20.5. The average Bonchev–Trinajstić information content (AvgIpc) is 2.76. The Bertz CT molecular complexity index is 821. The zero-order valence-electron chi connectivity index (χ0n) is 16.6. The Morgan fingerprint density at radius 2 is 1.97 bits per heavy atom. The molecule has 0 unspecified atom stereocenters. The van der Waals surface area contributed by atoms with Gasteiger partial charge in [-0.2, -0.15) is 0 Å². The molecule has 1 amide bonds. The van der Waals surface area contributed by atoms with Crippen molar-refractivity contribution in [1.82, 2.24) is 20.2 Å². The molecule has 1 aliphatic rings. The number of hydrogen-bond acceptors (Lipinski definition) is 6. The monoisotopic (exact) mass is 397 g/mol. The van der Waals surface area contributed by atoms with Crippen molar-refractivity contribution in [2.24, 2.45) is 10.7 Å². The van der Waals surface area contributed by atoms with Crippen LogP contribution in [-0.4, -0.2) is 66.1 Å². The Hall–Kier alpha value is -3.36. The summed E-state index contributed by atoms with van der Waals surface area (Å²) in [6, 6.07) is 9.36. The van der Waals surface area contributed by atoms with Gasteiger partial charge in [-0.05, 0) is 30.7 Å². The van der Waals surface area contributed by atoms with E-state index in [1.165, 1.54) is 0 Å². The Kier molecular flexibility index (Phi) is 7.21. The smallest absolute Gasteiger partial charge is 0.255 e. The summed E-state index contributed by atoms with van der Waals surface area (Å²) in [7, 11) is 0. The fourth-order valence-electron chi connectivity index (χ4n) is 3.05. The van der Waals surface area contributed by atoms with E-state index < -0.39 is 5.91 Å². The van der Waals surface area contributed by atoms with E-state index in [2.05, 4.69) is 32.0 Å². The molecule has 9 heteroatoms. The Morgan fingerprint density at radius 3 is 2.66 bits per heavy atom. The maximum atomic E-state index is 10.9. The second kappa shape index (κ2) is 10.3. The molecule has 0 radical (unpaired) electrons. The van der Waals surface area contributed by atoms with Crippen LogP contribution in [0.4, 0.5) is 5.95 Å². The van der Waals surface area contributed by atoms with Crippen molar-refractivity contribution >= 4 is 17.8 Å². The number of hydrogen-bond donors (Lipinski definition) is 2. The molecule has 0 atom stereocenters. The first-order valence-electron chi connectivity index (χ1n) is 9.71. The molecule has 1 fully saturated rings. The summed E-state index contributed by atoms with van der Waals surface area (Å²) in [5, 5.41) is 3.37. The lowest BCUT2D eigenvalue weighted by Crippen LogP contribution is -2.52. The van der Waals surface area contributed by atoms with Crippen LogP contribution in [0.25, 0.3) is 0 Å². The molecule has 1 aromatic heterocycles. The minimum absolute atomic E-state index is 0.134. The van der Waals surface area contributed by atoms with E-state index in [0.29, 0.717) is 12.3 Å². The van der Waals surface area contributed by atoms with Crippen molar-refractivity contribution in [3.63, 3.8) is 0 Å². The predicted octanol–water partition coefficient (Wildman–Crippen LogP) is 0.628. The van der Waals surface area contributed by atoms with Gasteiger partial charge in [0.05, 0.1) is 6.54 Å². The van der Waals surface area contributed by atoms with Crippen LogP contribution in [0.1, 0.15) is 12.5 Å². The van der Waals surface area contributed by atoms with Gasteiger partial charge < -0.3 is 25.6 Å². The van der Waals surface area contributed by atoms with Crippen molar-refractivity contribution < 1.29 is 9.53 Å². The van der Waals surface area contributed by atoms with Gasteiger partial charge in [0.15, 0.2) is 12.6 Å². The number of guanidine groups is 1. The molecule has 154 valence electrons. The number of nitrogens with two attached hydrogens (primary N) is 1. The van der Waals surface area contributed by atoms with Gasteiger partial charge in [-0.3, -0.25) is 4.79 Å². The largest absolute Gasteiger partial charge is 0.484 e. The highest BCUT2D eigenvalue weighted by molar-refractivity contribution is 5.80. The number of aromatic nitrogens is 2. The van der Waals surface area contributed by atoms with Crippen LogP contribution in [0.3, 0.4) is 0 Å². The molecular weight excluding hydrogens is 370 g/mol. The fourth-order valence-corrected chi connectivity index (χ4v) is 3.05. The molecule has 2 aromatic rings. The predicted molar refractivity (Wildman–Crippen MR) is 112 cm³/mol. The highest BCUT2D eigenvalue weighted by atomic mass is 16.5. The van der Waals surface area contributed by atoms with Gasteiger partial charge in [0.1, 0.15) is 5.75 Å². The molecule has 9 nitrogen and oxygen atoms in total. The Labute approximate surface area is 170 Å². The number of amides is 1. The molecule has 0 saturated carbocycles. The maximum Gasteiger partial charge on any atom is 0.255 e.